The lowest BCUT2D eigenvalue weighted by Gasteiger charge is -2.25. The molecule has 0 aliphatic heterocycles. The highest BCUT2D eigenvalue weighted by atomic mass is 16.4. The number of fused-ring (bicyclic) bond motifs is 1. The van der Waals surface area contributed by atoms with Crippen molar-refractivity contribution in [2.75, 3.05) is 0 Å². The monoisotopic (exact) mass is 579 g/mol. The quantitative estimate of drug-likeness (QED) is 0.140. The van der Waals surface area contributed by atoms with Gasteiger partial charge in [0, 0.05) is 23.5 Å². The van der Waals surface area contributed by atoms with Crippen molar-refractivity contribution in [1.82, 2.24) is 20.9 Å². The molecule has 0 fully saturated rings. The fourth-order valence-electron chi connectivity index (χ4n) is 4.59. The number of carboxylic acid groups (broad SMARTS) is 2. The maximum Gasteiger partial charge on any atom is 0.326 e. The fraction of sp³-hybridized carbons (Fsp3) is 0.367. The third-order valence-electron chi connectivity index (χ3n) is 6.70. The maximum absolute atomic E-state index is 13.3. The molecule has 224 valence electrons. The molecule has 0 saturated heterocycles. The SMILES string of the molecule is CC(C)CC(NC(=O)C(Cc1ccccc1)NC(=O)C(CC(=O)O)NC(=O)C(N)Cc1c[nH]c2ccccc12)C(=O)O. The Labute approximate surface area is 243 Å². The number of H-pyrrole nitrogens is 1. The number of para-hydroxylation sites is 1. The number of amides is 3. The average Bonchev–Trinajstić information content (AvgIpc) is 3.34. The van der Waals surface area contributed by atoms with E-state index in [9.17, 15) is 34.2 Å². The van der Waals surface area contributed by atoms with Gasteiger partial charge in [-0.1, -0.05) is 62.4 Å². The van der Waals surface area contributed by atoms with Gasteiger partial charge in [-0.3, -0.25) is 19.2 Å². The van der Waals surface area contributed by atoms with Gasteiger partial charge >= 0.3 is 11.9 Å². The van der Waals surface area contributed by atoms with Gasteiger partial charge in [-0.2, -0.15) is 0 Å². The molecular weight excluding hydrogens is 542 g/mol. The third kappa shape index (κ3) is 9.16. The highest BCUT2D eigenvalue weighted by molar-refractivity contribution is 5.96. The van der Waals surface area contributed by atoms with Crippen LogP contribution in [0.3, 0.4) is 0 Å². The lowest BCUT2D eigenvalue weighted by Crippen LogP contribution is -2.58. The van der Waals surface area contributed by atoms with E-state index in [-0.39, 0.29) is 25.2 Å². The number of hydrogen-bond acceptors (Lipinski definition) is 6. The predicted octanol–water partition coefficient (Wildman–Crippen LogP) is 1.34. The average molecular weight is 580 g/mol. The first-order valence-corrected chi connectivity index (χ1v) is 13.6. The van der Waals surface area contributed by atoms with Crippen LogP contribution in [0.1, 0.15) is 37.8 Å². The summed E-state index contributed by atoms with van der Waals surface area (Å²) in [4.78, 5) is 65.9. The lowest BCUT2D eigenvalue weighted by molar-refractivity contribution is -0.143. The number of aliphatic carboxylic acids is 2. The molecule has 3 aromatic rings. The highest BCUT2D eigenvalue weighted by Crippen LogP contribution is 2.19. The Morgan fingerprint density at radius 2 is 1.38 bits per heavy atom. The first-order chi connectivity index (χ1) is 19.9. The van der Waals surface area contributed by atoms with Crippen molar-refractivity contribution in [3.63, 3.8) is 0 Å². The summed E-state index contributed by atoms with van der Waals surface area (Å²) < 4.78 is 0. The molecule has 1 aromatic heterocycles. The Hall–Kier alpha value is -4.71. The van der Waals surface area contributed by atoms with Crippen LogP contribution >= 0.6 is 0 Å². The first kappa shape index (κ1) is 31.8. The van der Waals surface area contributed by atoms with Crippen LogP contribution in [-0.4, -0.2) is 69.0 Å². The van der Waals surface area contributed by atoms with Crippen LogP contribution < -0.4 is 21.7 Å². The van der Waals surface area contributed by atoms with Gasteiger partial charge in [0.1, 0.15) is 18.1 Å². The molecule has 3 rings (SSSR count). The van der Waals surface area contributed by atoms with Crippen LogP contribution in [-0.2, 0) is 36.8 Å². The second-order valence-corrected chi connectivity index (χ2v) is 10.6. The maximum atomic E-state index is 13.3. The number of carbonyl (C=O) groups is 5. The Kier molecular flexibility index (Phi) is 11.2. The van der Waals surface area contributed by atoms with Gasteiger partial charge in [-0.15, -0.1) is 0 Å². The molecule has 3 amide bonds. The van der Waals surface area contributed by atoms with Crippen molar-refractivity contribution in [3.8, 4) is 0 Å². The van der Waals surface area contributed by atoms with Gasteiger partial charge < -0.3 is 36.9 Å². The highest BCUT2D eigenvalue weighted by Gasteiger charge is 2.32. The molecule has 4 atom stereocenters. The van der Waals surface area contributed by atoms with E-state index < -0.39 is 60.2 Å². The van der Waals surface area contributed by atoms with Gasteiger partial charge in [0.25, 0.3) is 0 Å². The molecular formula is C30H37N5O7. The van der Waals surface area contributed by atoms with Crippen LogP contribution in [0.5, 0.6) is 0 Å². The molecule has 4 unspecified atom stereocenters. The van der Waals surface area contributed by atoms with E-state index >= 15 is 0 Å². The minimum absolute atomic E-state index is 0.000244. The number of nitrogens with one attached hydrogen (secondary N) is 4. The summed E-state index contributed by atoms with van der Waals surface area (Å²) in [5.74, 6) is -5.02. The van der Waals surface area contributed by atoms with E-state index in [0.29, 0.717) is 5.56 Å². The van der Waals surface area contributed by atoms with E-state index in [1.54, 1.807) is 36.5 Å². The number of carboxylic acids is 2. The molecule has 1 heterocycles. The van der Waals surface area contributed by atoms with Crippen LogP contribution in [0.25, 0.3) is 10.9 Å². The van der Waals surface area contributed by atoms with E-state index in [1.165, 1.54) is 0 Å². The largest absolute Gasteiger partial charge is 0.481 e. The van der Waals surface area contributed by atoms with Crippen molar-refractivity contribution in [2.45, 2.75) is 63.7 Å². The standard InChI is InChI=1S/C30H37N5O7/c1-17(2)12-25(30(41)42)35-28(39)23(13-18-8-4-3-5-9-18)34-29(40)24(15-26(36)37)33-27(38)21(31)14-19-16-32-22-11-7-6-10-20(19)22/h3-11,16-17,21,23-25,32H,12-15,31H2,1-2H3,(H,33,38)(H,34,40)(H,35,39)(H,36,37)(H,41,42). The van der Waals surface area contributed by atoms with Gasteiger partial charge in [0.2, 0.25) is 17.7 Å². The Bertz CT molecular complexity index is 1410. The summed E-state index contributed by atoms with van der Waals surface area (Å²) in [6.07, 6.45) is 1.26. The number of aromatic nitrogens is 1. The van der Waals surface area contributed by atoms with Crippen molar-refractivity contribution < 1.29 is 34.2 Å². The number of benzene rings is 2. The van der Waals surface area contributed by atoms with Crippen LogP contribution in [0.15, 0.2) is 60.8 Å². The smallest absolute Gasteiger partial charge is 0.326 e. The zero-order valence-electron chi connectivity index (χ0n) is 23.5. The van der Waals surface area contributed by atoms with E-state index in [1.807, 2.05) is 38.1 Å². The molecule has 8 N–H and O–H groups in total. The van der Waals surface area contributed by atoms with Gasteiger partial charge in [-0.05, 0) is 36.0 Å². The van der Waals surface area contributed by atoms with Gasteiger partial charge in [0.05, 0.1) is 12.5 Å². The predicted molar refractivity (Wildman–Crippen MR) is 155 cm³/mol. The van der Waals surface area contributed by atoms with Crippen LogP contribution in [0.4, 0.5) is 0 Å². The second-order valence-electron chi connectivity index (χ2n) is 10.6. The molecule has 0 spiro atoms. The molecule has 0 aliphatic carbocycles. The molecule has 2 aromatic carbocycles. The topological polar surface area (TPSA) is 204 Å². The fourth-order valence-corrected chi connectivity index (χ4v) is 4.59. The van der Waals surface area contributed by atoms with E-state index in [0.717, 1.165) is 16.5 Å². The number of rotatable bonds is 15. The first-order valence-electron chi connectivity index (χ1n) is 13.6. The third-order valence-corrected chi connectivity index (χ3v) is 6.70. The van der Waals surface area contributed by atoms with Crippen LogP contribution in [0, 0.1) is 5.92 Å². The minimum atomic E-state index is -1.54. The van der Waals surface area contributed by atoms with Gasteiger partial charge in [0.15, 0.2) is 0 Å². The normalized spacial score (nSPS) is 14.0. The molecule has 0 aliphatic rings. The lowest BCUT2D eigenvalue weighted by atomic mass is 10.0. The van der Waals surface area contributed by atoms with Gasteiger partial charge in [-0.25, -0.2) is 4.79 Å². The zero-order chi connectivity index (χ0) is 30.8. The molecule has 12 nitrogen and oxygen atoms in total. The second kappa shape index (κ2) is 14.8. The molecule has 12 heteroatoms. The number of aromatic amines is 1. The summed E-state index contributed by atoms with van der Waals surface area (Å²) in [5, 5.41) is 27.3. The molecule has 42 heavy (non-hydrogen) atoms. The van der Waals surface area contributed by atoms with Crippen molar-refractivity contribution in [1.29, 1.82) is 0 Å². The number of carbonyl (C=O) groups excluding carboxylic acids is 3. The minimum Gasteiger partial charge on any atom is -0.481 e. The Balaban J connectivity index is 1.76. The summed E-state index contributed by atoms with van der Waals surface area (Å²) in [7, 11) is 0. The van der Waals surface area contributed by atoms with Crippen molar-refractivity contribution in [2.24, 2.45) is 11.7 Å². The summed E-state index contributed by atoms with van der Waals surface area (Å²) >= 11 is 0. The van der Waals surface area contributed by atoms with Crippen LogP contribution in [0.2, 0.25) is 0 Å². The Morgan fingerprint density at radius 1 is 0.786 bits per heavy atom. The Morgan fingerprint density at radius 3 is 2.02 bits per heavy atom. The molecule has 0 bridgehead atoms. The van der Waals surface area contributed by atoms with Crippen molar-refractivity contribution in [3.05, 3.63) is 71.9 Å². The summed E-state index contributed by atoms with van der Waals surface area (Å²) in [6, 6.07) is 11.1. The summed E-state index contributed by atoms with van der Waals surface area (Å²) in [5.41, 5.74) is 8.45. The molecule has 0 saturated carbocycles. The summed E-state index contributed by atoms with van der Waals surface area (Å²) in [6.45, 7) is 3.63. The van der Waals surface area contributed by atoms with E-state index in [4.69, 9.17) is 5.73 Å². The number of nitrogens with two attached hydrogens (primary N) is 1. The van der Waals surface area contributed by atoms with Crippen molar-refractivity contribution >= 4 is 40.6 Å². The zero-order valence-corrected chi connectivity index (χ0v) is 23.5. The van der Waals surface area contributed by atoms with E-state index in [2.05, 4.69) is 20.9 Å². The molecule has 0 radical (unpaired) electrons. The number of hydrogen-bond donors (Lipinski definition) is 7.